The second kappa shape index (κ2) is 7.63. The van der Waals surface area contributed by atoms with Crippen LogP contribution in [0.15, 0.2) is 24.3 Å². The molecule has 0 aliphatic carbocycles. The fraction of sp³-hybridized carbons (Fsp3) is 0.467. The van der Waals surface area contributed by atoms with Gasteiger partial charge in [0.2, 0.25) is 5.91 Å². The van der Waals surface area contributed by atoms with Gasteiger partial charge in [-0.2, -0.15) is 0 Å². The Kier molecular flexibility index (Phi) is 5.57. The quantitative estimate of drug-likeness (QED) is 0.847. The lowest BCUT2D eigenvalue weighted by Crippen LogP contribution is -2.53. The first-order chi connectivity index (χ1) is 10.6. The predicted octanol–water partition coefficient (Wildman–Crippen LogP) is 1.08. The van der Waals surface area contributed by atoms with Crippen LogP contribution in [0, 0.1) is 5.82 Å². The SMILES string of the molecule is CC(=O)N1CCN(C(=O)NCCOc2cccc(F)c2)CC1. The molecule has 0 bridgehead atoms. The first-order valence-electron chi connectivity index (χ1n) is 7.23. The van der Waals surface area contributed by atoms with Crippen molar-refractivity contribution in [2.45, 2.75) is 6.92 Å². The maximum Gasteiger partial charge on any atom is 0.317 e. The number of urea groups is 1. The van der Waals surface area contributed by atoms with E-state index in [1.807, 2.05) is 0 Å². The average Bonchev–Trinajstić information content (AvgIpc) is 2.51. The number of halogens is 1. The topological polar surface area (TPSA) is 61.9 Å². The molecule has 0 atom stereocenters. The zero-order valence-corrected chi connectivity index (χ0v) is 12.5. The molecule has 1 aliphatic heterocycles. The van der Waals surface area contributed by atoms with Crippen LogP contribution < -0.4 is 10.1 Å². The molecule has 0 aromatic heterocycles. The van der Waals surface area contributed by atoms with E-state index in [0.717, 1.165) is 0 Å². The van der Waals surface area contributed by atoms with Crippen molar-refractivity contribution in [3.8, 4) is 5.75 Å². The number of nitrogens with zero attached hydrogens (tertiary/aromatic N) is 2. The molecule has 1 fully saturated rings. The number of carbonyl (C=O) groups is 2. The standard InChI is InChI=1S/C15H20FN3O3/c1-12(20)18-6-8-19(9-7-18)15(21)17-5-10-22-14-4-2-3-13(16)11-14/h2-4,11H,5-10H2,1H3,(H,17,21). The molecule has 1 aromatic carbocycles. The molecule has 1 aliphatic rings. The highest BCUT2D eigenvalue weighted by Crippen LogP contribution is 2.11. The van der Waals surface area contributed by atoms with Crippen LogP contribution >= 0.6 is 0 Å². The van der Waals surface area contributed by atoms with Gasteiger partial charge in [-0.3, -0.25) is 4.79 Å². The molecule has 1 N–H and O–H groups in total. The monoisotopic (exact) mass is 309 g/mol. The van der Waals surface area contributed by atoms with Crippen LogP contribution in [-0.4, -0.2) is 61.1 Å². The van der Waals surface area contributed by atoms with E-state index >= 15 is 0 Å². The molecule has 3 amide bonds. The summed E-state index contributed by atoms with van der Waals surface area (Å²) >= 11 is 0. The second-order valence-electron chi connectivity index (χ2n) is 5.03. The molecule has 0 radical (unpaired) electrons. The number of nitrogens with one attached hydrogen (secondary N) is 1. The van der Waals surface area contributed by atoms with E-state index in [9.17, 15) is 14.0 Å². The van der Waals surface area contributed by atoms with E-state index in [0.29, 0.717) is 38.5 Å². The highest BCUT2D eigenvalue weighted by molar-refractivity contribution is 5.76. The Morgan fingerprint density at radius 1 is 1.23 bits per heavy atom. The minimum Gasteiger partial charge on any atom is -0.492 e. The molecule has 6 nitrogen and oxygen atoms in total. The normalized spacial score (nSPS) is 14.6. The molecule has 0 saturated carbocycles. The van der Waals surface area contributed by atoms with Crippen molar-refractivity contribution in [2.24, 2.45) is 0 Å². The lowest BCUT2D eigenvalue weighted by atomic mass is 10.3. The van der Waals surface area contributed by atoms with Crippen LogP contribution in [0.1, 0.15) is 6.92 Å². The van der Waals surface area contributed by atoms with Gasteiger partial charge in [0.05, 0.1) is 6.54 Å². The second-order valence-corrected chi connectivity index (χ2v) is 5.03. The van der Waals surface area contributed by atoms with Crippen molar-refractivity contribution in [1.82, 2.24) is 15.1 Å². The number of piperazine rings is 1. The van der Waals surface area contributed by atoms with Crippen molar-refractivity contribution in [3.63, 3.8) is 0 Å². The number of hydrogen-bond acceptors (Lipinski definition) is 3. The Bertz CT molecular complexity index is 531. The van der Waals surface area contributed by atoms with Gasteiger partial charge in [0.25, 0.3) is 0 Å². The summed E-state index contributed by atoms with van der Waals surface area (Å²) in [4.78, 5) is 26.5. The summed E-state index contributed by atoms with van der Waals surface area (Å²) in [7, 11) is 0. The van der Waals surface area contributed by atoms with Gasteiger partial charge in [-0.25, -0.2) is 9.18 Å². The molecule has 2 rings (SSSR count). The Balaban J connectivity index is 1.65. The number of rotatable bonds is 4. The summed E-state index contributed by atoms with van der Waals surface area (Å²) in [6, 6.07) is 5.69. The lowest BCUT2D eigenvalue weighted by Gasteiger charge is -2.34. The molecule has 0 unspecified atom stereocenters. The smallest absolute Gasteiger partial charge is 0.317 e. The van der Waals surface area contributed by atoms with Gasteiger partial charge in [-0.1, -0.05) is 6.07 Å². The van der Waals surface area contributed by atoms with E-state index in [4.69, 9.17) is 4.74 Å². The van der Waals surface area contributed by atoms with Gasteiger partial charge in [0.15, 0.2) is 0 Å². The maximum atomic E-state index is 13.0. The third-order valence-corrected chi connectivity index (χ3v) is 3.46. The van der Waals surface area contributed by atoms with Crippen LogP contribution in [0.2, 0.25) is 0 Å². The average molecular weight is 309 g/mol. The van der Waals surface area contributed by atoms with Gasteiger partial charge in [-0.05, 0) is 12.1 Å². The third-order valence-electron chi connectivity index (χ3n) is 3.46. The minimum atomic E-state index is -0.357. The zero-order valence-electron chi connectivity index (χ0n) is 12.5. The van der Waals surface area contributed by atoms with Crippen LogP contribution in [0.5, 0.6) is 5.75 Å². The van der Waals surface area contributed by atoms with Crippen LogP contribution in [0.4, 0.5) is 9.18 Å². The van der Waals surface area contributed by atoms with E-state index in [-0.39, 0.29) is 24.4 Å². The zero-order chi connectivity index (χ0) is 15.9. The minimum absolute atomic E-state index is 0.0311. The summed E-state index contributed by atoms with van der Waals surface area (Å²) in [6.07, 6.45) is 0. The van der Waals surface area contributed by atoms with Gasteiger partial charge in [0, 0.05) is 39.2 Å². The van der Waals surface area contributed by atoms with Gasteiger partial charge in [-0.15, -0.1) is 0 Å². The fourth-order valence-corrected chi connectivity index (χ4v) is 2.22. The van der Waals surface area contributed by atoms with E-state index in [1.165, 1.54) is 19.1 Å². The largest absolute Gasteiger partial charge is 0.492 e. The maximum absolute atomic E-state index is 13.0. The Hall–Kier alpha value is -2.31. The molecule has 7 heteroatoms. The molecular formula is C15H20FN3O3. The lowest BCUT2D eigenvalue weighted by molar-refractivity contribution is -0.130. The Morgan fingerprint density at radius 2 is 1.91 bits per heavy atom. The van der Waals surface area contributed by atoms with Crippen molar-refractivity contribution in [3.05, 3.63) is 30.1 Å². The van der Waals surface area contributed by atoms with Gasteiger partial charge in [0.1, 0.15) is 18.2 Å². The number of amides is 3. The first-order valence-corrected chi connectivity index (χ1v) is 7.23. The Labute approximate surface area is 128 Å². The fourth-order valence-electron chi connectivity index (χ4n) is 2.22. The van der Waals surface area contributed by atoms with E-state index in [2.05, 4.69) is 5.32 Å². The molecule has 1 heterocycles. The summed E-state index contributed by atoms with van der Waals surface area (Å²) in [5.41, 5.74) is 0. The summed E-state index contributed by atoms with van der Waals surface area (Å²) in [6.45, 7) is 4.29. The third kappa shape index (κ3) is 4.61. The Morgan fingerprint density at radius 3 is 2.55 bits per heavy atom. The molecule has 0 spiro atoms. The highest BCUT2D eigenvalue weighted by Gasteiger charge is 2.21. The summed E-state index contributed by atoms with van der Waals surface area (Å²) < 4.78 is 18.3. The molecule has 120 valence electrons. The number of hydrogen-bond donors (Lipinski definition) is 1. The van der Waals surface area contributed by atoms with Crippen molar-refractivity contribution < 1.29 is 18.7 Å². The van der Waals surface area contributed by atoms with E-state index < -0.39 is 0 Å². The van der Waals surface area contributed by atoms with Crippen LogP contribution in [0.25, 0.3) is 0 Å². The van der Waals surface area contributed by atoms with Crippen molar-refractivity contribution in [2.75, 3.05) is 39.3 Å². The van der Waals surface area contributed by atoms with E-state index in [1.54, 1.807) is 21.9 Å². The number of benzene rings is 1. The highest BCUT2D eigenvalue weighted by atomic mass is 19.1. The summed E-state index contributed by atoms with van der Waals surface area (Å²) in [5.74, 6) is 0.109. The van der Waals surface area contributed by atoms with Crippen LogP contribution in [-0.2, 0) is 4.79 Å². The number of carbonyl (C=O) groups excluding carboxylic acids is 2. The number of ether oxygens (including phenoxy) is 1. The molecule has 22 heavy (non-hydrogen) atoms. The molecule has 1 saturated heterocycles. The van der Waals surface area contributed by atoms with Crippen LogP contribution in [0.3, 0.4) is 0 Å². The van der Waals surface area contributed by atoms with Gasteiger partial charge >= 0.3 is 6.03 Å². The molecule has 1 aromatic rings. The van der Waals surface area contributed by atoms with Crippen molar-refractivity contribution >= 4 is 11.9 Å². The first kappa shape index (κ1) is 16.1. The predicted molar refractivity (Wildman–Crippen MR) is 79.1 cm³/mol. The summed E-state index contributed by atoms with van der Waals surface area (Å²) in [5, 5.41) is 2.75. The van der Waals surface area contributed by atoms with Gasteiger partial charge < -0.3 is 19.9 Å². The molecular weight excluding hydrogens is 289 g/mol. The van der Waals surface area contributed by atoms with Crippen molar-refractivity contribution in [1.29, 1.82) is 0 Å².